The highest BCUT2D eigenvalue weighted by Crippen LogP contribution is 2.38. The number of nitrogens with two attached hydrogens (primary N) is 1. The van der Waals surface area contributed by atoms with E-state index in [-0.39, 0.29) is 12.2 Å². The number of esters is 1. The molecule has 0 bridgehead atoms. The second kappa shape index (κ2) is 6.31. The number of benzene rings is 2. The average molecular weight is 364 g/mol. The van der Waals surface area contributed by atoms with Crippen LogP contribution >= 0.6 is 11.3 Å². The van der Waals surface area contributed by atoms with Gasteiger partial charge in [-0.25, -0.2) is 4.79 Å². The van der Waals surface area contributed by atoms with Crippen LogP contribution in [0.1, 0.15) is 16.6 Å². The number of anilines is 1. The predicted octanol–water partition coefficient (Wildman–Crippen LogP) is 3.96. The Morgan fingerprint density at radius 3 is 2.42 bits per heavy atom. The van der Waals surface area contributed by atoms with Crippen LogP contribution < -0.4 is 11.3 Å². The fraction of sp³-hybridized carbons (Fsp3) is 0.100. The van der Waals surface area contributed by atoms with Crippen molar-refractivity contribution in [2.45, 2.75) is 6.92 Å². The second-order valence-electron chi connectivity index (χ2n) is 5.77. The number of hydrogen-bond donors (Lipinski definition) is 1. The van der Waals surface area contributed by atoms with E-state index in [1.165, 1.54) is 11.3 Å². The van der Waals surface area contributed by atoms with Gasteiger partial charge in [0.15, 0.2) is 0 Å². The van der Waals surface area contributed by atoms with E-state index < -0.39 is 5.97 Å². The quantitative estimate of drug-likeness (QED) is 0.558. The molecule has 4 rings (SSSR count). The lowest BCUT2D eigenvalue weighted by atomic mass is 10.1. The van der Waals surface area contributed by atoms with Gasteiger partial charge in [-0.15, -0.1) is 11.3 Å². The number of rotatable bonds is 3. The zero-order valence-electron chi connectivity index (χ0n) is 14.1. The molecule has 0 unspecified atom stereocenters. The smallest absolute Gasteiger partial charge is 0.350 e. The minimum Gasteiger partial charge on any atom is -0.462 e. The summed E-state index contributed by atoms with van der Waals surface area (Å²) < 4.78 is 6.74. The summed E-state index contributed by atoms with van der Waals surface area (Å²) in [6.07, 6.45) is 0. The Balaban J connectivity index is 2.19. The summed E-state index contributed by atoms with van der Waals surface area (Å²) in [7, 11) is 0. The summed E-state index contributed by atoms with van der Waals surface area (Å²) in [4.78, 5) is 26.5. The van der Waals surface area contributed by atoms with Crippen molar-refractivity contribution in [2.75, 3.05) is 12.3 Å². The van der Waals surface area contributed by atoms with Gasteiger partial charge in [0.1, 0.15) is 9.71 Å². The molecule has 0 saturated carbocycles. The monoisotopic (exact) mass is 364 g/mol. The van der Waals surface area contributed by atoms with E-state index in [4.69, 9.17) is 10.5 Å². The van der Waals surface area contributed by atoms with Gasteiger partial charge in [-0.2, -0.15) is 0 Å². The summed E-state index contributed by atoms with van der Waals surface area (Å²) in [5, 5.41) is 2.00. The number of aromatic nitrogens is 1. The van der Waals surface area contributed by atoms with Gasteiger partial charge in [0.25, 0.3) is 5.56 Å². The molecule has 2 aromatic heterocycles. The molecule has 0 fully saturated rings. The molecule has 0 atom stereocenters. The van der Waals surface area contributed by atoms with Gasteiger partial charge >= 0.3 is 5.97 Å². The molecule has 0 aliphatic heterocycles. The van der Waals surface area contributed by atoms with Crippen LogP contribution in [0.2, 0.25) is 0 Å². The molecule has 0 spiro atoms. The van der Waals surface area contributed by atoms with Gasteiger partial charge in [-0.1, -0.05) is 36.4 Å². The largest absolute Gasteiger partial charge is 0.462 e. The van der Waals surface area contributed by atoms with Crippen molar-refractivity contribution >= 4 is 44.0 Å². The minimum absolute atomic E-state index is 0.143. The molecular weight excluding hydrogens is 348 g/mol. The Labute approximate surface area is 153 Å². The number of pyridine rings is 1. The van der Waals surface area contributed by atoms with Crippen molar-refractivity contribution in [3.8, 4) is 5.69 Å². The van der Waals surface area contributed by atoms with E-state index in [9.17, 15) is 9.59 Å². The fourth-order valence-electron chi connectivity index (χ4n) is 3.11. The Morgan fingerprint density at radius 2 is 1.73 bits per heavy atom. The van der Waals surface area contributed by atoms with Gasteiger partial charge in [0, 0.05) is 10.8 Å². The molecule has 0 aliphatic rings. The third-order valence-electron chi connectivity index (χ3n) is 4.23. The van der Waals surface area contributed by atoms with Crippen LogP contribution in [0.15, 0.2) is 59.4 Å². The van der Waals surface area contributed by atoms with Crippen molar-refractivity contribution in [2.24, 2.45) is 0 Å². The fourth-order valence-corrected chi connectivity index (χ4v) is 4.26. The standard InChI is InChI=1S/C20H16N2O3S/c1-2-25-20(24)17-16(21)15-13-10-6-7-11-14(13)18(23)22(19(15)26-17)12-8-4-3-5-9-12/h3-11H,2,21H2,1H3. The maximum absolute atomic E-state index is 13.2. The van der Waals surface area contributed by atoms with Crippen LogP contribution in [0.3, 0.4) is 0 Å². The van der Waals surface area contributed by atoms with E-state index in [1.54, 1.807) is 17.6 Å². The highest BCUT2D eigenvalue weighted by atomic mass is 32.1. The number of nitrogen functional groups attached to an aromatic ring is 1. The normalized spacial score (nSPS) is 11.1. The predicted molar refractivity (Wildman–Crippen MR) is 105 cm³/mol. The number of thiophene rings is 1. The number of nitrogens with zero attached hydrogens (tertiary/aromatic N) is 1. The van der Waals surface area contributed by atoms with E-state index in [1.807, 2.05) is 48.5 Å². The third-order valence-corrected chi connectivity index (χ3v) is 5.41. The molecule has 2 aromatic carbocycles. The van der Waals surface area contributed by atoms with Crippen LogP contribution in [-0.2, 0) is 4.74 Å². The second-order valence-corrected chi connectivity index (χ2v) is 6.77. The lowest BCUT2D eigenvalue weighted by Gasteiger charge is -2.10. The first-order chi connectivity index (χ1) is 12.6. The zero-order chi connectivity index (χ0) is 18.3. The summed E-state index contributed by atoms with van der Waals surface area (Å²) in [6.45, 7) is 2.01. The Hall–Kier alpha value is -3.12. The molecule has 0 radical (unpaired) electrons. The van der Waals surface area contributed by atoms with Crippen LogP contribution in [0.5, 0.6) is 0 Å². The molecule has 5 nitrogen and oxygen atoms in total. The van der Waals surface area contributed by atoms with Crippen molar-refractivity contribution in [3.63, 3.8) is 0 Å². The summed E-state index contributed by atoms with van der Waals surface area (Å²) >= 11 is 1.19. The van der Waals surface area contributed by atoms with Gasteiger partial charge in [-0.3, -0.25) is 9.36 Å². The molecule has 6 heteroatoms. The molecule has 0 saturated heterocycles. The van der Waals surface area contributed by atoms with Crippen molar-refractivity contribution in [1.82, 2.24) is 4.57 Å². The van der Waals surface area contributed by atoms with E-state index in [0.717, 1.165) is 11.1 Å². The highest BCUT2D eigenvalue weighted by Gasteiger charge is 2.23. The van der Waals surface area contributed by atoms with Gasteiger partial charge in [0.05, 0.1) is 18.0 Å². The van der Waals surface area contributed by atoms with Crippen LogP contribution in [-0.4, -0.2) is 17.1 Å². The summed E-state index contributed by atoms with van der Waals surface area (Å²) in [5.41, 5.74) is 7.26. The minimum atomic E-state index is -0.470. The van der Waals surface area contributed by atoms with Crippen LogP contribution in [0, 0.1) is 0 Å². The van der Waals surface area contributed by atoms with Crippen LogP contribution in [0.4, 0.5) is 5.69 Å². The molecular formula is C20H16N2O3S. The Morgan fingerprint density at radius 1 is 1.08 bits per heavy atom. The van der Waals surface area contributed by atoms with Crippen molar-refractivity contribution in [3.05, 3.63) is 69.8 Å². The number of ether oxygens (including phenoxy) is 1. The first-order valence-electron chi connectivity index (χ1n) is 8.21. The molecule has 0 aliphatic carbocycles. The highest BCUT2D eigenvalue weighted by molar-refractivity contribution is 7.21. The lowest BCUT2D eigenvalue weighted by Crippen LogP contribution is -2.18. The Bertz CT molecular complexity index is 1190. The number of hydrogen-bond acceptors (Lipinski definition) is 5. The van der Waals surface area contributed by atoms with Gasteiger partial charge in [-0.05, 0) is 30.5 Å². The average Bonchev–Trinajstić information content (AvgIpc) is 3.00. The maximum atomic E-state index is 13.2. The first kappa shape index (κ1) is 16.4. The molecule has 2 heterocycles. The summed E-state index contributed by atoms with van der Waals surface area (Å²) in [6, 6.07) is 16.6. The van der Waals surface area contributed by atoms with E-state index >= 15 is 0 Å². The number of para-hydroxylation sites is 1. The molecule has 4 aromatic rings. The third kappa shape index (κ3) is 2.38. The molecule has 130 valence electrons. The van der Waals surface area contributed by atoms with Crippen molar-refractivity contribution < 1.29 is 9.53 Å². The summed E-state index contributed by atoms with van der Waals surface area (Å²) in [5.74, 6) is -0.470. The number of fused-ring (bicyclic) bond motifs is 3. The van der Waals surface area contributed by atoms with Crippen LogP contribution in [0.25, 0.3) is 26.7 Å². The van der Waals surface area contributed by atoms with Crippen molar-refractivity contribution in [1.29, 1.82) is 0 Å². The van der Waals surface area contributed by atoms with E-state index in [0.29, 0.717) is 26.2 Å². The van der Waals surface area contributed by atoms with Gasteiger partial charge in [0.2, 0.25) is 0 Å². The zero-order valence-corrected chi connectivity index (χ0v) is 14.9. The Kier molecular flexibility index (Phi) is 3.97. The number of carbonyl (C=O) groups excluding carboxylic acids is 1. The molecule has 26 heavy (non-hydrogen) atoms. The first-order valence-corrected chi connectivity index (χ1v) is 9.03. The molecule has 0 amide bonds. The topological polar surface area (TPSA) is 74.3 Å². The maximum Gasteiger partial charge on any atom is 0.350 e. The molecule has 2 N–H and O–H groups in total. The van der Waals surface area contributed by atoms with Gasteiger partial charge < -0.3 is 10.5 Å². The number of carbonyl (C=O) groups is 1. The van der Waals surface area contributed by atoms with E-state index in [2.05, 4.69) is 0 Å². The SMILES string of the molecule is CCOC(=O)c1sc2c(c1N)c1ccccc1c(=O)n2-c1ccccc1. The lowest BCUT2D eigenvalue weighted by molar-refractivity contribution is 0.0533.